The Labute approximate surface area is 142 Å². The lowest BCUT2D eigenvalue weighted by Crippen LogP contribution is -2.40. The zero-order valence-corrected chi connectivity index (χ0v) is 13.5. The van der Waals surface area contributed by atoms with E-state index in [0.29, 0.717) is 11.5 Å². The van der Waals surface area contributed by atoms with Crippen LogP contribution in [-0.2, 0) is 0 Å². The molecular formula is C15H19F3N6O. The molecule has 0 radical (unpaired) electrons. The normalized spacial score (nSPS) is 24.1. The minimum Gasteiger partial charge on any atom is -0.349 e. The Morgan fingerprint density at radius 3 is 2.68 bits per heavy atom. The van der Waals surface area contributed by atoms with Crippen molar-refractivity contribution in [1.82, 2.24) is 19.6 Å². The van der Waals surface area contributed by atoms with E-state index in [1.807, 2.05) is 12.3 Å². The fraction of sp³-hybridized carbons (Fsp3) is 0.600. The van der Waals surface area contributed by atoms with Crippen LogP contribution in [0.3, 0.4) is 0 Å². The van der Waals surface area contributed by atoms with E-state index in [-0.39, 0.29) is 19.3 Å². The third-order valence-corrected chi connectivity index (χ3v) is 4.76. The lowest BCUT2D eigenvalue weighted by Gasteiger charge is -2.30. The summed E-state index contributed by atoms with van der Waals surface area (Å²) in [6.07, 6.45) is 3.25. The van der Waals surface area contributed by atoms with Crippen molar-refractivity contribution in [2.75, 3.05) is 42.9 Å². The molecule has 2 saturated heterocycles. The van der Waals surface area contributed by atoms with Crippen LogP contribution in [0.25, 0.3) is 6.20 Å². The smallest absolute Gasteiger partial charge is 0.349 e. The Hall–Kier alpha value is -2.23. The molecule has 0 spiro atoms. The summed E-state index contributed by atoms with van der Waals surface area (Å²) in [5, 5.41) is 7.56. The Balaban J connectivity index is 1.53. The van der Waals surface area contributed by atoms with E-state index in [2.05, 4.69) is 15.3 Å². The summed E-state index contributed by atoms with van der Waals surface area (Å²) >= 11 is 0. The van der Waals surface area contributed by atoms with Crippen LogP contribution >= 0.6 is 0 Å². The molecule has 2 fully saturated rings. The monoisotopic (exact) mass is 356 g/mol. The standard InChI is InChI=1S/C15H19F3N6O/c16-15(17,18)10-22-7-8-23(14(22)25)11-9-19-24-6-3-12(20-13(11)24)21-4-1-2-5-21/h3,6,9,12,20H,1-2,4-5,7-8,10H2. The van der Waals surface area contributed by atoms with Gasteiger partial charge in [0, 0.05) is 32.4 Å². The molecule has 3 aliphatic rings. The van der Waals surface area contributed by atoms with Crippen LogP contribution in [0.5, 0.6) is 0 Å². The van der Waals surface area contributed by atoms with Crippen molar-refractivity contribution in [2.24, 2.45) is 0 Å². The zero-order valence-electron chi connectivity index (χ0n) is 13.5. The molecule has 1 aromatic heterocycles. The lowest BCUT2D eigenvalue weighted by molar-refractivity contribution is -0.138. The van der Waals surface area contributed by atoms with Crippen molar-refractivity contribution >= 4 is 23.7 Å². The van der Waals surface area contributed by atoms with Crippen LogP contribution in [-0.4, -0.2) is 70.7 Å². The summed E-state index contributed by atoms with van der Waals surface area (Å²) < 4.78 is 39.4. The second kappa shape index (κ2) is 5.94. The van der Waals surface area contributed by atoms with E-state index in [4.69, 9.17) is 0 Å². The number of rotatable bonds is 3. The van der Waals surface area contributed by atoms with Gasteiger partial charge < -0.3 is 10.2 Å². The van der Waals surface area contributed by atoms with Gasteiger partial charge in [0.25, 0.3) is 0 Å². The highest BCUT2D eigenvalue weighted by Crippen LogP contribution is 2.33. The second-order valence-corrected chi connectivity index (χ2v) is 6.47. The van der Waals surface area contributed by atoms with Gasteiger partial charge in [-0.2, -0.15) is 18.3 Å². The van der Waals surface area contributed by atoms with Crippen molar-refractivity contribution < 1.29 is 18.0 Å². The molecule has 0 aromatic carbocycles. The van der Waals surface area contributed by atoms with Crippen LogP contribution in [0.15, 0.2) is 12.3 Å². The first-order chi connectivity index (χ1) is 11.9. The number of hydrogen-bond acceptors (Lipinski definition) is 4. The van der Waals surface area contributed by atoms with Gasteiger partial charge in [0.1, 0.15) is 18.4 Å². The Morgan fingerprint density at radius 1 is 1.20 bits per heavy atom. The van der Waals surface area contributed by atoms with Crippen LogP contribution < -0.4 is 10.2 Å². The highest BCUT2D eigenvalue weighted by atomic mass is 19.4. The van der Waals surface area contributed by atoms with Crippen molar-refractivity contribution in [1.29, 1.82) is 0 Å². The summed E-state index contributed by atoms with van der Waals surface area (Å²) in [6, 6.07) is -0.637. The SMILES string of the molecule is O=C1N(CC(F)(F)F)CCN1c1cnn2c1NC(N1CCCC1)C=C2. The van der Waals surface area contributed by atoms with E-state index in [9.17, 15) is 18.0 Å². The number of anilines is 2. The van der Waals surface area contributed by atoms with Crippen LogP contribution in [0.2, 0.25) is 0 Å². The van der Waals surface area contributed by atoms with Crippen LogP contribution in [0.4, 0.5) is 29.5 Å². The molecule has 7 nitrogen and oxygen atoms in total. The maximum atomic E-state index is 12.6. The van der Waals surface area contributed by atoms with Gasteiger partial charge in [0.15, 0.2) is 5.82 Å². The number of aromatic nitrogens is 2. The summed E-state index contributed by atoms with van der Waals surface area (Å²) in [7, 11) is 0. The van der Waals surface area contributed by atoms with Gasteiger partial charge in [-0.05, 0) is 18.9 Å². The molecular weight excluding hydrogens is 337 g/mol. The summed E-state index contributed by atoms with van der Waals surface area (Å²) in [4.78, 5) is 16.8. The van der Waals surface area contributed by atoms with Gasteiger partial charge in [0.05, 0.1) is 6.20 Å². The topological polar surface area (TPSA) is 56.6 Å². The molecule has 1 unspecified atom stereocenters. The molecule has 4 heterocycles. The fourth-order valence-corrected chi connectivity index (χ4v) is 3.56. The van der Waals surface area contributed by atoms with Crippen molar-refractivity contribution in [2.45, 2.75) is 25.2 Å². The number of fused-ring (bicyclic) bond motifs is 1. The minimum atomic E-state index is -4.40. The number of hydrogen-bond donors (Lipinski definition) is 1. The van der Waals surface area contributed by atoms with Gasteiger partial charge in [-0.25, -0.2) is 9.48 Å². The predicted molar refractivity (Wildman–Crippen MR) is 86.1 cm³/mol. The van der Waals surface area contributed by atoms with Crippen molar-refractivity contribution in [3.8, 4) is 0 Å². The van der Waals surface area contributed by atoms with Crippen LogP contribution in [0.1, 0.15) is 12.8 Å². The predicted octanol–water partition coefficient (Wildman–Crippen LogP) is 2.01. The number of alkyl halides is 3. The average Bonchev–Trinajstić information content (AvgIpc) is 3.27. The Kier molecular flexibility index (Phi) is 3.86. The number of urea groups is 1. The molecule has 0 aliphatic carbocycles. The number of likely N-dealkylation sites (tertiary alicyclic amines) is 1. The molecule has 0 saturated carbocycles. The summed E-state index contributed by atoms with van der Waals surface area (Å²) in [5.41, 5.74) is 0.517. The van der Waals surface area contributed by atoms with Gasteiger partial charge in [-0.3, -0.25) is 9.80 Å². The summed E-state index contributed by atoms with van der Waals surface area (Å²) in [5.74, 6) is 0.640. The van der Waals surface area contributed by atoms with Gasteiger partial charge in [0.2, 0.25) is 0 Å². The second-order valence-electron chi connectivity index (χ2n) is 6.47. The molecule has 1 atom stereocenters. The largest absolute Gasteiger partial charge is 0.406 e. The van der Waals surface area contributed by atoms with Crippen molar-refractivity contribution in [3.05, 3.63) is 12.3 Å². The minimum absolute atomic E-state index is 0.00873. The molecule has 4 rings (SSSR count). The number of carbonyl (C=O) groups excluding carboxylic acids is 1. The first-order valence-electron chi connectivity index (χ1n) is 8.32. The molecule has 1 N–H and O–H groups in total. The average molecular weight is 356 g/mol. The third-order valence-electron chi connectivity index (χ3n) is 4.76. The van der Waals surface area contributed by atoms with Gasteiger partial charge in [-0.15, -0.1) is 0 Å². The highest BCUT2D eigenvalue weighted by Gasteiger charge is 2.40. The first-order valence-corrected chi connectivity index (χ1v) is 8.32. The number of carbonyl (C=O) groups is 1. The number of nitrogens with one attached hydrogen (secondary N) is 1. The number of halogens is 3. The van der Waals surface area contributed by atoms with Gasteiger partial charge >= 0.3 is 12.2 Å². The number of nitrogens with zero attached hydrogens (tertiary/aromatic N) is 5. The summed E-state index contributed by atoms with van der Waals surface area (Å²) in [6.45, 7) is 1.03. The van der Waals surface area contributed by atoms with E-state index in [1.165, 1.54) is 11.1 Å². The maximum absolute atomic E-state index is 12.6. The quantitative estimate of drug-likeness (QED) is 0.900. The maximum Gasteiger partial charge on any atom is 0.406 e. The number of amides is 2. The van der Waals surface area contributed by atoms with E-state index in [1.54, 1.807) is 4.68 Å². The molecule has 25 heavy (non-hydrogen) atoms. The fourth-order valence-electron chi connectivity index (χ4n) is 3.56. The lowest BCUT2D eigenvalue weighted by atomic mass is 10.3. The Morgan fingerprint density at radius 2 is 1.96 bits per heavy atom. The molecule has 2 amide bonds. The van der Waals surface area contributed by atoms with Gasteiger partial charge in [-0.1, -0.05) is 0 Å². The molecule has 3 aliphatic heterocycles. The Bertz CT molecular complexity index is 694. The molecule has 0 bridgehead atoms. The van der Waals surface area contributed by atoms with E-state index in [0.717, 1.165) is 30.8 Å². The zero-order chi connectivity index (χ0) is 17.6. The molecule has 136 valence electrons. The first kappa shape index (κ1) is 16.2. The van der Waals surface area contributed by atoms with Crippen molar-refractivity contribution in [3.63, 3.8) is 0 Å². The molecule has 10 heteroatoms. The highest BCUT2D eigenvalue weighted by molar-refractivity contribution is 5.97. The van der Waals surface area contributed by atoms with E-state index < -0.39 is 18.8 Å². The van der Waals surface area contributed by atoms with E-state index >= 15 is 0 Å². The molecule has 1 aromatic rings. The van der Waals surface area contributed by atoms with Crippen LogP contribution in [0, 0.1) is 0 Å². The third kappa shape index (κ3) is 3.06.